The van der Waals surface area contributed by atoms with Crippen LogP contribution in [0.1, 0.15) is 50.7 Å². The predicted octanol–water partition coefficient (Wildman–Crippen LogP) is 4.19. The van der Waals surface area contributed by atoms with Crippen molar-refractivity contribution in [2.45, 2.75) is 39.5 Å². The van der Waals surface area contributed by atoms with Gasteiger partial charge in [0.2, 0.25) is 0 Å². The SMILES string of the molecule is CC1=Cc2ccccc2C(CCC(C)C)C1=O. The van der Waals surface area contributed by atoms with Crippen LogP contribution >= 0.6 is 0 Å². The van der Waals surface area contributed by atoms with E-state index in [9.17, 15) is 4.79 Å². The maximum absolute atomic E-state index is 12.2. The molecule has 1 aliphatic carbocycles. The molecule has 1 aromatic rings. The molecule has 0 N–H and O–H groups in total. The van der Waals surface area contributed by atoms with Gasteiger partial charge in [0.15, 0.2) is 5.78 Å². The summed E-state index contributed by atoms with van der Waals surface area (Å²) >= 11 is 0. The van der Waals surface area contributed by atoms with Gasteiger partial charge in [0.25, 0.3) is 0 Å². The van der Waals surface area contributed by atoms with Gasteiger partial charge in [0.05, 0.1) is 0 Å². The van der Waals surface area contributed by atoms with Crippen LogP contribution in [-0.2, 0) is 4.79 Å². The molecule has 2 rings (SSSR count). The summed E-state index contributed by atoms with van der Waals surface area (Å²) in [7, 11) is 0. The Bertz CT molecular complexity index is 454. The van der Waals surface area contributed by atoms with E-state index in [2.05, 4.69) is 26.0 Å². The van der Waals surface area contributed by atoms with E-state index < -0.39 is 0 Å². The van der Waals surface area contributed by atoms with E-state index in [1.54, 1.807) is 0 Å². The normalized spacial score (nSPS) is 19.2. The highest BCUT2D eigenvalue weighted by molar-refractivity contribution is 6.06. The van der Waals surface area contributed by atoms with Crippen LogP contribution in [-0.4, -0.2) is 5.78 Å². The number of ketones is 1. The van der Waals surface area contributed by atoms with Crippen molar-refractivity contribution in [1.82, 2.24) is 0 Å². The van der Waals surface area contributed by atoms with E-state index >= 15 is 0 Å². The van der Waals surface area contributed by atoms with E-state index in [4.69, 9.17) is 0 Å². The van der Waals surface area contributed by atoms with E-state index in [1.807, 2.05) is 25.1 Å². The monoisotopic (exact) mass is 228 g/mol. The van der Waals surface area contributed by atoms with Crippen LogP contribution in [0.5, 0.6) is 0 Å². The van der Waals surface area contributed by atoms with Crippen molar-refractivity contribution in [2.24, 2.45) is 5.92 Å². The first-order chi connectivity index (χ1) is 8.09. The molecule has 90 valence electrons. The summed E-state index contributed by atoms with van der Waals surface area (Å²) < 4.78 is 0. The topological polar surface area (TPSA) is 17.1 Å². The third kappa shape index (κ3) is 2.49. The Labute approximate surface area is 104 Å². The van der Waals surface area contributed by atoms with Gasteiger partial charge in [-0.15, -0.1) is 0 Å². The van der Waals surface area contributed by atoms with E-state index in [0.29, 0.717) is 11.7 Å². The van der Waals surface area contributed by atoms with Crippen LogP contribution in [0.3, 0.4) is 0 Å². The molecular formula is C16H20O. The van der Waals surface area contributed by atoms with Crippen LogP contribution in [0.15, 0.2) is 29.8 Å². The molecule has 0 amide bonds. The second kappa shape index (κ2) is 4.87. The minimum Gasteiger partial charge on any atom is -0.294 e. The summed E-state index contributed by atoms with van der Waals surface area (Å²) in [5.74, 6) is 1.05. The maximum Gasteiger partial charge on any atom is 0.166 e. The van der Waals surface area contributed by atoms with E-state index in [-0.39, 0.29) is 5.92 Å². The number of carbonyl (C=O) groups is 1. The summed E-state index contributed by atoms with van der Waals surface area (Å²) in [5.41, 5.74) is 3.33. The molecule has 0 heterocycles. The minimum absolute atomic E-state index is 0.0820. The lowest BCUT2D eigenvalue weighted by molar-refractivity contribution is -0.117. The van der Waals surface area contributed by atoms with Crippen molar-refractivity contribution in [3.8, 4) is 0 Å². The lowest BCUT2D eigenvalue weighted by Gasteiger charge is -2.23. The lowest BCUT2D eigenvalue weighted by atomic mass is 9.79. The van der Waals surface area contributed by atoms with Crippen molar-refractivity contribution in [3.05, 3.63) is 41.0 Å². The molecule has 0 radical (unpaired) electrons. The standard InChI is InChI=1S/C16H20O/c1-11(2)8-9-15-14-7-5-4-6-13(14)10-12(3)16(15)17/h4-7,10-11,15H,8-9H2,1-3H3. The molecule has 0 spiro atoms. The fourth-order valence-corrected chi connectivity index (χ4v) is 2.47. The molecule has 1 aromatic carbocycles. The second-order valence-corrected chi connectivity index (χ2v) is 5.34. The van der Waals surface area contributed by atoms with Crippen LogP contribution in [0.2, 0.25) is 0 Å². The fourth-order valence-electron chi connectivity index (χ4n) is 2.47. The molecule has 0 aromatic heterocycles. The van der Waals surface area contributed by atoms with Crippen LogP contribution in [0.4, 0.5) is 0 Å². The van der Waals surface area contributed by atoms with Gasteiger partial charge < -0.3 is 0 Å². The Morgan fingerprint density at radius 2 is 1.94 bits per heavy atom. The zero-order chi connectivity index (χ0) is 12.4. The smallest absolute Gasteiger partial charge is 0.166 e. The largest absolute Gasteiger partial charge is 0.294 e. The molecule has 0 aliphatic heterocycles. The van der Waals surface area contributed by atoms with Gasteiger partial charge in [-0.2, -0.15) is 0 Å². The Kier molecular flexibility index (Phi) is 3.46. The number of hydrogen-bond donors (Lipinski definition) is 0. The average molecular weight is 228 g/mol. The van der Waals surface area contributed by atoms with Crippen molar-refractivity contribution >= 4 is 11.9 Å². The van der Waals surface area contributed by atoms with Crippen molar-refractivity contribution in [2.75, 3.05) is 0 Å². The molecule has 1 unspecified atom stereocenters. The van der Waals surface area contributed by atoms with Gasteiger partial charge >= 0.3 is 0 Å². The lowest BCUT2D eigenvalue weighted by Crippen LogP contribution is -2.19. The van der Waals surface area contributed by atoms with E-state index in [1.165, 1.54) is 11.1 Å². The molecule has 1 aliphatic rings. The zero-order valence-electron chi connectivity index (χ0n) is 10.9. The number of Topliss-reactive ketones (excluding diaryl/α,β-unsaturated/α-hetero) is 1. The zero-order valence-corrected chi connectivity index (χ0v) is 10.9. The summed E-state index contributed by atoms with van der Waals surface area (Å²) in [6.45, 7) is 6.35. The molecule has 0 saturated heterocycles. The third-order valence-electron chi connectivity index (χ3n) is 3.48. The molecule has 1 atom stereocenters. The number of hydrogen-bond acceptors (Lipinski definition) is 1. The highest BCUT2D eigenvalue weighted by Gasteiger charge is 2.27. The third-order valence-corrected chi connectivity index (χ3v) is 3.48. The van der Waals surface area contributed by atoms with Crippen molar-refractivity contribution in [3.63, 3.8) is 0 Å². The molecular weight excluding hydrogens is 208 g/mol. The quantitative estimate of drug-likeness (QED) is 0.758. The first-order valence-corrected chi connectivity index (χ1v) is 6.41. The number of fused-ring (bicyclic) bond motifs is 1. The molecule has 1 heteroatoms. The summed E-state index contributed by atoms with van der Waals surface area (Å²) in [5, 5.41) is 0. The van der Waals surface area contributed by atoms with Gasteiger partial charge in [-0.1, -0.05) is 38.1 Å². The van der Waals surface area contributed by atoms with Crippen LogP contribution in [0.25, 0.3) is 6.08 Å². The van der Waals surface area contributed by atoms with Crippen molar-refractivity contribution < 1.29 is 4.79 Å². The van der Waals surface area contributed by atoms with Gasteiger partial charge in [-0.3, -0.25) is 4.79 Å². The number of benzene rings is 1. The molecule has 17 heavy (non-hydrogen) atoms. The fraction of sp³-hybridized carbons (Fsp3) is 0.438. The van der Waals surface area contributed by atoms with Gasteiger partial charge in [-0.25, -0.2) is 0 Å². The van der Waals surface area contributed by atoms with Gasteiger partial charge in [-0.05, 0) is 48.5 Å². The molecule has 0 saturated carbocycles. The van der Waals surface area contributed by atoms with Crippen LogP contribution in [0, 0.1) is 5.92 Å². The van der Waals surface area contributed by atoms with Gasteiger partial charge in [0.1, 0.15) is 0 Å². The Morgan fingerprint density at radius 3 is 2.65 bits per heavy atom. The minimum atomic E-state index is 0.0820. The summed E-state index contributed by atoms with van der Waals surface area (Å²) in [6, 6.07) is 8.27. The highest BCUT2D eigenvalue weighted by atomic mass is 16.1. The second-order valence-electron chi connectivity index (χ2n) is 5.34. The predicted molar refractivity (Wildman–Crippen MR) is 71.9 cm³/mol. The molecule has 1 nitrogen and oxygen atoms in total. The number of carbonyl (C=O) groups excluding carboxylic acids is 1. The number of allylic oxidation sites excluding steroid dienone is 1. The summed E-state index contributed by atoms with van der Waals surface area (Å²) in [6.07, 6.45) is 4.10. The van der Waals surface area contributed by atoms with Crippen LogP contribution < -0.4 is 0 Å². The average Bonchev–Trinajstić information content (AvgIpc) is 2.29. The number of rotatable bonds is 3. The van der Waals surface area contributed by atoms with Gasteiger partial charge in [0, 0.05) is 5.92 Å². The first-order valence-electron chi connectivity index (χ1n) is 6.41. The molecule has 0 fully saturated rings. The Morgan fingerprint density at radius 1 is 1.24 bits per heavy atom. The molecule has 0 bridgehead atoms. The Balaban J connectivity index is 2.31. The Hall–Kier alpha value is -1.37. The van der Waals surface area contributed by atoms with Crippen molar-refractivity contribution in [1.29, 1.82) is 0 Å². The first kappa shape index (κ1) is 12.1. The highest BCUT2D eigenvalue weighted by Crippen LogP contribution is 2.34. The van der Waals surface area contributed by atoms with E-state index in [0.717, 1.165) is 18.4 Å². The maximum atomic E-state index is 12.2. The summed E-state index contributed by atoms with van der Waals surface area (Å²) in [4.78, 5) is 12.2.